The molecule has 0 aliphatic carbocycles. The predicted molar refractivity (Wildman–Crippen MR) is 46.1 cm³/mol. The molecule has 0 N–H and O–H groups in total. The quantitative estimate of drug-likeness (QED) is 0.528. The maximum absolute atomic E-state index is 5.47. The summed E-state index contributed by atoms with van der Waals surface area (Å²) >= 11 is 21.5. The first-order valence-electron chi connectivity index (χ1n) is 2.41. The lowest BCUT2D eigenvalue weighted by molar-refractivity contribution is 0.136. The highest BCUT2D eigenvalue weighted by Gasteiger charge is 2.31. The van der Waals surface area contributed by atoms with Crippen molar-refractivity contribution in [1.82, 2.24) is 0 Å². The maximum Gasteiger partial charge on any atom is 0.230 e. The van der Waals surface area contributed by atoms with Crippen LogP contribution in [0.2, 0.25) is 0 Å². The third-order valence-electron chi connectivity index (χ3n) is 0.618. The summed E-state index contributed by atoms with van der Waals surface area (Å²) < 4.78 is 3.23. The Hall–Kier alpha value is 0.860. The Morgan fingerprint density at radius 1 is 1.50 bits per heavy atom. The first-order valence-corrected chi connectivity index (χ1v) is 3.99. The second-order valence-corrected chi connectivity index (χ2v) is 4.24. The summed E-state index contributed by atoms with van der Waals surface area (Å²) in [5, 5.41) is 0. The van der Waals surface area contributed by atoms with Crippen LogP contribution in [0.15, 0.2) is 12.7 Å². The largest absolute Gasteiger partial charge is 0.354 e. The summed E-state index contributed by atoms with van der Waals surface area (Å²) in [6, 6.07) is 0. The van der Waals surface area contributed by atoms with Crippen molar-refractivity contribution < 1.29 is 4.74 Å². The average molecular weight is 224 g/mol. The van der Waals surface area contributed by atoms with Crippen molar-refractivity contribution in [3.8, 4) is 0 Å². The van der Waals surface area contributed by atoms with Crippen molar-refractivity contribution in [2.24, 2.45) is 0 Å². The van der Waals surface area contributed by atoms with Gasteiger partial charge in [-0.25, -0.2) is 0 Å². The molecule has 0 aliphatic rings. The molecule has 60 valence electrons. The van der Waals surface area contributed by atoms with E-state index in [1.54, 1.807) is 0 Å². The van der Waals surface area contributed by atoms with Crippen molar-refractivity contribution >= 4 is 46.4 Å². The van der Waals surface area contributed by atoms with E-state index in [4.69, 9.17) is 51.1 Å². The number of rotatable bonds is 3. The van der Waals surface area contributed by atoms with Gasteiger partial charge in [0.15, 0.2) is 5.56 Å². The summed E-state index contributed by atoms with van der Waals surface area (Å²) in [6.07, 6.45) is 1.52. The molecule has 0 aromatic heterocycles. The SMILES string of the molecule is C=CCOC(Cl)C(Cl)(Cl)Cl. The molecular weight excluding hydrogens is 218 g/mol. The molecular formula is C5H6Cl4O. The van der Waals surface area contributed by atoms with Gasteiger partial charge < -0.3 is 4.74 Å². The molecule has 0 amide bonds. The lowest BCUT2D eigenvalue weighted by Crippen LogP contribution is -2.22. The first-order chi connectivity index (χ1) is 4.48. The van der Waals surface area contributed by atoms with Gasteiger partial charge in [0.1, 0.15) is 0 Å². The van der Waals surface area contributed by atoms with E-state index in [-0.39, 0.29) is 6.61 Å². The van der Waals surface area contributed by atoms with Crippen LogP contribution in [0.4, 0.5) is 0 Å². The Morgan fingerprint density at radius 3 is 2.30 bits per heavy atom. The van der Waals surface area contributed by atoms with Crippen LogP contribution in [0.25, 0.3) is 0 Å². The van der Waals surface area contributed by atoms with Gasteiger partial charge in [0, 0.05) is 0 Å². The summed E-state index contributed by atoms with van der Waals surface area (Å²) in [7, 11) is 0. The molecule has 1 nitrogen and oxygen atoms in total. The normalized spacial score (nSPS) is 14.8. The van der Waals surface area contributed by atoms with Gasteiger partial charge in [0.05, 0.1) is 6.61 Å². The summed E-state index contributed by atoms with van der Waals surface area (Å²) in [5.41, 5.74) is -0.935. The third-order valence-corrected chi connectivity index (χ3v) is 2.00. The lowest BCUT2D eigenvalue weighted by Gasteiger charge is -2.16. The molecule has 0 aromatic carbocycles. The van der Waals surface area contributed by atoms with Gasteiger partial charge in [-0.3, -0.25) is 0 Å². The van der Waals surface area contributed by atoms with Crippen molar-refractivity contribution in [2.45, 2.75) is 9.36 Å². The van der Waals surface area contributed by atoms with E-state index in [2.05, 4.69) is 6.58 Å². The van der Waals surface area contributed by atoms with Gasteiger partial charge in [-0.05, 0) is 0 Å². The fourth-order valence-electron chi connectivity index (χ4n) is 0.247. The Morgan fingerprint density at radius 2 is 2.00 bits per heavy atom. The molecule has 5 heteroatoms. The minimum Gasteiger partial charge on any atom is -0.354 e. The molecule has 0 aliphatic heterocycles. The van der Waals surface area contributed by atoms with E-state index in [1.165, 1.54) is 6.08 Å². The van der Waals surface area contributed by atoms with E-state index in [1.807, 2.05) is 0 Å². The standard InChI is InChI=1S/C5H6Cl4O/c1-2-3-10-4(6)5(7,8)9/h2,4H,1,3H2. The molecule has 1 unspecified atom stereocenters. The van der Waals surface area contributed by atoms with Crippen LogP contribution in [-0.4, -0.2) is 16.0 Å². The molecule has 0 bridgehead atoms. The van der Waals surface area contributed by atoms with E-state index < -0.39 is 9.36 Å². The molecule has 1 atom stereocenters. The molecule has 0 saturated carbocycles. The molecule has 0 rings (SSSR count). The Bertz CT molecular complexity index is 109. The van der Waals surface area contributed by atoms with Crippen LogP contribution in [0.5, 0.6) is 0 Å². The predicted octanol–water partition coefficient (Wildman–Crippen LogP) is 3.12. The fourth-order valence-corrected chi connectivity index (χ4v) is 0.509. The maximum atomic E-state index is 5.47. The van der Waals surface area contributed by atoms with Crippen molar-refractivity contribution in [3.63, 3.8) is 0 Å². The van der Waals surface area contributed by atoms with E-state index in [9.17, 15) is 0 Å². The molecule has 10 heavy (non-hydrogen) atoms. The summed E-state index contributed by atoms with van der Waals surface area (Å²) in [6.45, 7) is 3.67. The van der Waals surface area contributed by atoms with Gasteiger partial charge in [-0.1, -0.05) is 52.5 Å². The van der Waals surface area contributed by atoms with Crippen molar-refractivity contribution in [3.05, 3.63) is 12.7 Å². The minimum atomic E-state index is -1.58. The van der Waals surface area contributed by atoms with Crippen LogP contribution < -0.4 is 0 Å². The van der Waals surface area contributed by atoms with Crippen LogP contribution in [0, 0.1) is 0 Å². The Kier molecular flexibility index (Phi) is 5.08. The van der Waals surface area contributed by atoms with Gasteiger partial charge in [0.25, 0.3) is 0 Å². The highest BCUT2D eigenvalue weighted by molar-refractivity contribution is 6.70. The number of hydrogen-bond donors (Lipinski definition) is 0. The monoisotopic (exact) mass is 222 g/mol. The first kappa shape index (κ1) is 10.9. The van der Waals surface area contributed by atoms with Gasteiger partial charge in [0.2, 0.25) is 3.79 Å². The summed E-state index contributed by atoms with van der Waals surface area (Å²) in [5.74, 6) is 0. The number of halogens is 4. The lowest BCUT2D eigenvalue weighted by atomic mass is 10.7. The smallest absolute Gasteiger partial charge is 0.230 e. The van der Waals surface area contributed by atoms with Crippen LogP contribution in [0.3, 0.4) is 0 Å². The molecule has 0 radical (unpaired) electrons. The topological polar surface area (TPSA) is 9.23 Å². The van der Waals surface area contributed by atoms with Gasteiger partial charge in [-0.15, -0.1) is 6.58 Å². The molecule has 0 aromatic rings. The molecule has 0 saturated heterocycles. The zero-order valence-corrected chi connectivity index (χ0v) is 8.01. The highest BCUT2D eigenvalue weighted by Crippen LogP contribution is 2.34. The molecule has 0 fully saturated rings. The number of ether oxygens (including phenoxy) is 1. The Labute approximate surface area is 79.8 Å². The van der Waals surface area contributed by atoms with Gasteiger partial charge in [-0.2, -0.15) is 0 Å². The second kappa shape index (κ2) is 4.68. The number of hydrogen-bond acceptors (Lipinski definition) is 1. The average Bonchev–Trinajstić information content (AvgIpc) is 1.80. The van der Waals surface area contributed by atoms with E-state index in [0.29, 0.717) is 0 Å². The zero-order chi connectivity index (χ0) is 8.20. The van der Waals surface area contributed by atoms with E-state index in [0.717, 1.165) is 0 Å². The second-order valence-electron chi connectivity index (χ2n) is 1.48. The third kappa shape index (κ3) is 4.64. The van der Waals surface area contributed by atoms with Crippen LogP contribution in [-0.2, 0) is 4.74 Å². The summed E-state index contributed by atoms with van der Waals surface area (Å²) in [4.78, 5) is 0. The van der Waals surface area contributed by atoms with E-state index >= 15 is 0 Å². The van der Waals surface area contributed by atoms with Crippen LogP contribution >= 0.6 is 46.4 Å². The fraction of sp³-hybridized carbons (Fsp3) is 0.600. The highest BCUT2D eigenvalue weighted by atomic mass is 35.6. The minimum absolute atomic E-state index is 0.266. The van der Waals surface area contributed by atoms with Crippen LogP contribution in [0.1, 0.15) is 0 Å². The van der Waals surface area contributed by atoms with Gasteiger partial charge >= 0.3 is 0 Å². The molecule has 0 spiro atoms. The molecule has 0 heterocycles. The van der Waals surface area contributed by atoms with Crippen molar-refractivity contribution in [1.29, 1.82) is 0 Å². The van der Waals surface area contributed by atoms with Crippen molar-refractivity contribution in [2.75, 3.05) is 6.61 Å². The zero-order valence-electron chi connectivity index (χ0n) is 4.99. The number of alkyl halides is 4. The Balaban J connectivity index is 3.61.